The van der Waals surface area contributed by atoms with Crippen LogP contribution in [0.4, 0.5) is 17.1 Å². The van der Waals surface area contributed by atoms with Crippen LogP contribution in [0.3, 0.4) is 0 Å². The lowest BCUT2D eigenvalue weighted by Crippen LogP contribution is -2.28. The summed E-state index contributed by atoms with van der Waals surface area (Å²) < 4.78 is 9.31. The summed E-state index contributed by atoms with van der Waals surface area (Å²) in [5, 5.41) is 4.57. The van der Waals surface area contributed by atoms with Crippen molar-refractivity contribution in [1.82, 2.24) is 4.57 Å². The number of hydrogen-bond acceptors (Lipinski definition) is 2. The Balaban J connectivity index is 0.950. The second-order valence-corrected chi connectivity index (χ2v) is 18.4. The Morgan fingerprint density at radius 2 is 0.814 bits per heavy atom. The summed E-state index contributed by atoms with van der Waals surface area (Å²) in [6, 6.07) is 97.0. The number of benzene rings is 11. The Morgan fingerprint density at radius 1 is 0.314 bits per heavy atom. The average molecular weight is 893 g/mol. The van der Waals surface area contributed by atoms with E-state index in [4.69, 9.17) is 4.42 Å². The Bertz CT molecular complexity index is 4040. The monoisotopic (exact) mass is 892 g/mol. The van der Waals surface area contributed by atoms with Crippen LogP contribution in [0, 0.1) is 0 Å². The van der Waals surface area contributed by atoms with Gasteiger partial charge in [0.1, 0.15) is 11.2 Å². The third-order valence-electron chi connectivity index (χ3n) is 14.7. The minimum absolute atomic E-state index is 0.511. The van der Waals surface area contributed by atoms with Crippen LogP contribution in [0.25, 0.3) is 82.8 Å². The standard InChI is InChI=1S/C67H44N2O/c1-5-17-45(18-6-1)47-29-33-51(34-30-47)68(53-37-39-64-58(41-53)56-26-14-16-28-63(56)69(64)52-35-31-48(32-36-52)46-19-7-2-8-20-46)54-38-40-65-59(42-54)60-43-57-55-25-13-15-27-61(55)67(49-21-9-3-10-22-49,50-23-11-4-12-24-50)62(57)44-66(60)70-65/h1-44H. The minimum atomic E-state index is -0.511. The van der Waals surface area contributed by atoms with E-state index >= 15 is 0 Å². The quantitative estimate of drug-likeness (QED) is 0.152. The van der Waals surface area contributed by atoms with Gasteiger partial charge in [0.2, 0.25) is 0 Å². The predicted molar refractivity (Wildman–Crippen MR) is 291 cm³/mol. The lowest BCUT2D eigenvalue weighted by atomic mass is 9.67. The van der Waals surface area contributed by atoms with Gasteiger partial charge in [-0.3, -0.25) is 0 Å². The largest absolute Gasteiger partial charge is 0.456 e. The molecule has 11 aromatic carbocycles. The molecule has 0 radical (unpaired) electrons. The van der Waals surface area contributed by atoms with Crippen LogP contribution in [-0.2, 0) is 5.41 Å². The molecule has 2 aromatic heterocycles. The first-order valence-electron chi connectivity index (χ1n) is 24.1. The Kier molecular flexibility index (Phi) is 9.11. The molecule has 0 amide bonds. The maximum Gasteiger partial charge on any atom is 0.135 e. The molecule has 1 aliphatic carbocycles. The van der Waals surface area contributed by atoms with Crippen molar-refractivity contribution < 1.29 is 4.42 Å². The van der Waals surface area contributed by atoms with Crippen LogP contribution >= 0.6 is 0 Å². The van der Waals surface area contributed by atoms with Gasteiger partial charge >= 0.3 is 0 Å². The molecule has 70 heavy (non-hydrogen) atoms. The van der Waals surface area contributed by atoms with E-state index in [1.807, 2.05) is 0 Å². The van der Waals surface area contributed by atoms with Crippen molar-refractivity contribution in [2.45, 2.75) is 5.41 Å². The minimum Gasteiger partial charge on any atom is -0.456 e. The van der Waals surface area contributed by atoms with Gasteiger partial charge in [-0.25, -0.2) is 0 Å². The molecule has 0 saturated heterocycles. The number of rotatable bonds is 8. The second-order valence-electron chi connectivity index (χ2n) is 18.4. The number of aromatic nitrogens is 1. The molecule has 0 saturated carbocycles. The second kappa shape index (κ2) is 16.0. The summed E-state index contributed by atoms with van der Waals surface area (Å²) in [6.07, 6.45) is 0. The highest BCUT2D eigenvalue weighted by Gasteiger charge is 2.46. The van der Waals surface area contributed by atoms with Crippen molar-refractivity contribution in [3.63, 3.8) is 0 Å². The van der Waals surface area contributed by atoms with E-state index in [1.54, 1.807) is 0 Å². The molecule has 0 atom stereocenters. The van der Waals surface area contributed by atoms with Gasteiger partial charge in [0.05, 0.1) is 16.4 Å². The predicted octanol–water partition coefficient (Wildman–Crippen LogP) is 17.8. The van der Waals surface area contributed by atoms with Gasteiger partial charge in [0.25, 0.3) is 0 Å². The fourth-order valence-electron chi connectivity index (χ4n) is 11.5. The van der Waals surface area contributed by atoms with E-state index in [-0.39, 0.29) is 0 Å². The smallest absolute Gasteiger partial charge is 0.135 e. The van der Waals surface area contributed by atoms with Crippen molar-refractivity contribution in [2.75, 3.05) is 4.90 Å². The topological polar surface area (TPSA) is 21.3 Å². The van der Waals surface area contributed by atoms with E-state index in [1.165, 1.54) is 71.9 Å². The maximum absolute atomic E-state index is 6.91. The molecule has 0 N–H and O–H groups in total. The molecule has 3 heteroatoms. The number of fused-ring (bicyclic) bond motifs is 9. The highest BCUT2D eigenvalue weighted by Crippen LogP contribution is 2.57. The molecule has 0 bridgehead atoms. The van der Waals surface area contributed by atoms with Gasteiger partial charge in [0.15, 0.2) is 0 Å². The lowest BCUT2D eigenvalue weighted by Gasteiger charge is -2.33. The van der Waals surface area contributed by atoms with Crippen LogP contribution in [0.1, 0.15) is 22.3 Å². The number of furan rings is 1. The zero-order valence-corrected chi connectivity index (χ0v) is 38.2. The van der Waals surface area contributed by atoms with Crippen LogP contribution in [0.2, 0.25) is 0 Å². The Labute approximate surface area is 406 Å². The van der Waals surface area contributed by atoms with Crippen LogP contribution < -0.4 is 4.90 Å². The molecule has 328 valence electrons. The van der Waals surface area contributed by atoms with E-state index in [0.29, 0.717) is 0 Å². The van der Waals surface area contributed by atoms with Crippen LogP contribution in [0.15, 0.2) is 271 Å². The molecule has 0 aliphatic heterocycles. The van der Waals surface area contributed by atoms with Gasteiger partial charge < -0.3 is 13.9 Å². The molecule has 3 nitrogen and oxygen atoms in total. The lowest BCUT2D eigenvalue weighted by molar-refractivity contribution is 0.666. The van der Waals surface area contributed by atoms with Crippen LogP contribution in [0.5, 0.6) is 0 Å². The van der Waals surface area contributed by atoms with Gasteiger partial charge in [-0.15, -0.1) is 0 Å². The number of anilines is 3. The third-order valence-corrected chi connectivity index (χ3v) is 14.7. The first kappa shape index (κ1) is 39.9. The average Bonchev–Trinajstić information content (AvgIpc) is 4.07. The van der Waals surface area contributed by atoms with Gasteiger partial charge in [-0.05, 0) is 134 Å². The van der Waals surface area contributed by atoms with E-state index in [2.05, 4.69) is 276 Å². The number of para-hydroxylation sites is 1. The zero-order valence-electron chi connectivity index (χ0n) is 38.2. The van der Waals surface area contributed by atoms with E-state index in [9.17, 15) is 0 Å². The molecule has 14 rings (SSSR count). The third kappa shape index (κ3) is 6.15. The van der Waals surface area contributed by atoms with Gasteiger partial charge in [0, 0.05) is 44.3 Å². The van der Waals surface area contributed by atoms with Crippen molar-refractivity contribution in [3.8, 4) is 39.1 Å². The molecule has 1 aliphatic rings. The highest BCUT2D eigenvalue weighted by atomic mass is 16.3. The SMILES string of the molecule is c1ccc(-c2ccc(N(c3ccc4oc5cc6c(cc5c4c3)-c3ccccc3C6(c3ccccc3)c3ccccc3)c3ccc4c(c3)c3ccccc3n4-c3ccc(-c4ccccc4)cc3)cc2)cc1. The van der Waals surface area contributed by atoms with Gasteiger partial charge in [-0.2, -0.15) is 0 Å². The Hall–Kier alpha value is -9.18. The van der Waals surface area contributed by atoms with Crippen molar-refractivity contribution in [1.29, 1.82) is 0 Å². The van der Waals surface area contributed by atoms with E-state index in [0.717, 1.165) is 50.2 Å². The summed E-state index contributed by atoms with van der Waals surface area (Å²) in [5.74, 6) is 0. The molecule has 2 heterocycles. The highest BCUT2D eigenvalue weighted by molar-refractivity contribution is 6.12. The fourth-order valence-corrected chi connectivity index (χ4v) is 11.5. The van der Waals surface area contributed by atoms with Crippen molar-refractivity contribution in [3.05, 3.63) is 289 Å². The number of nitrogens with zero attached hydrogens (tertiary/aromatic N) is 2. The molecular formula is C67H44N2O. The first-order chi connectivity index (χ1) is 34.7. The summed E-state index contributed by atoms with van der Waals surface area (Å²) in [5.41, 5.74) is 20.1. The molecule has 0 unspecified atom stereocenters. The fraction of sp³-hybridized carbons (Fsp3) is 0.0149. The Morgan fingerprint density at radius 3 is 1.49 bits per heavy atom. The van der Waals surface area contributed by atoms with Crippen molar-refractivity contribution >= 4 is 60.8 Å². The molecule has 0 spiro atoms. The molecular weight excluding hydrogens is 849 g/mol. The maximum atomic E-state index is 6.91. The van der Waals surface area contributed by atoms with Crippen molar-refractivity contribution in [2.24, 2.45) is 0 Å². The molecule has 0 fully saturated rings. The van der Waals surface area contributed by atoms with Crippen LogP contribution in [-0.4, -0.2) is 4.57 Å². The summed E-state index contributed by atoms with van der Waals surface area (Å²) in [7, 11) is 0. The normalized spacial score (nSPS) is 12.7. The van der Waals surface area contributed by atoms with E-state index < -0.39 is 5.41 Å². The summed E-state index contributed by atoms with van der Waals surface area (Å²) in [6.45, 7) is 0. The molecule has 13 aromatic rings. The zero-order chi connectivity index (χ0) is 46.2. The number of hydrogen-bond donors (Lipinski definition) is 0. The summed E-state index contributed by atoms with van der Waals surface area (Å²) >= 11 is 0. The van der Waals surface area contributed by atoms with Gasteiger partial charge in [-0.1, -0.05) is 188 Å². The first-order valence-corrected chi connectivity index (χ1v) is 24.1. The summed E-state index contributed by atoms with van der Waals surface area (Å²) in [4.78, 5) is 2.39.